The molecule has 16 heavy (non-hydrogen) atoms. The number of benzene rings is 1. The summed E-state index contributed by atoms with van der Waals surface area (Å²) in [6.07, 6.45) is 4.74. The lowest BCUT2D eigenvalue weighted by Gasteiger charge is -2.31. The summed E-state index contributed by atoms with van der Waals surface area (Å²) < 4.78 is 0. The smallest absolute Gasteiger partial charge is 0.269 e. The molecule has 84 valence electrons. The highest BCUT2D eigenvalue weighted by atomic mass is 16.6. The van der Waals surface area contributed by atoms with Crippen molar-refractivity contribution in [2.24, 2.45) is 0 Å². The number of nitrogens with zero attached hydrogens (tertiary/aromatic N) is 2. The Hall–Kier alpha value is -1.58. The summed E-state index contributed by atoms with van der Waals surface area (Å²) in [5.41, 5.74) is 2.59. The summed E-state index contributed by atoms with van der Waals surface area (Å²) >= 11 is 0. The Balaban J connectivity index is 1.98. The van der Waals surface area contributed by atoms with E-state index in [1.165, 1.54) is 24.9 Å². The van der Waals surface area contributed by atoms with Crippen molar-refractivity contribution in [1.82, 2.24) is 0 Å². The molecule has 1 fully saturated rings. The average molecular weight is 218 g/mol. The minimum Gasteiger partial charge on any atom is -0.368 e. The first kappa shape index (κ1) is 9.63. The predicted molar refractivity (Wildman–Crippen MR) is 61.8 cm³/mol. The van der Waals surface area contributed by atoms with Crippen molar-refractivity contribution in [1.29, 1.82) is 0 Å². The highest BCUT2D eigenvalue weighted by Crippen LogP contribution is 2.38. The first-order valence-corrected chi connectivity index (χ1v) is 5.79. The maximum Gasteiger partial charge on any atom is 0.269 e. The van der Waals surface area contributed by atoms with Gasteiger partial charge in [0.15, 0.2) is 0 Å². The SMILES string of the molecule is O=[N+]([O-])c1ccc2c(c1)CC1CCCCN21. The molecule has 2 heterocycles. The summed E-state index contributed by atoms with van der Waals surface area (Å²) in [7, 11) is 0. The molecule has 3 rings (SSSR count). The van der Waals surface area contributed by atoms with Gasteiger partial charge in [-0.2, -0.15) is 0 Å². The lowest BCUT2D eigenvalue weighted by molar-refractivity contribution is -0.384. The van der Waals surface area contributed by atoms with E-state index in [1.54, 1.807) is 12.1 Å². The fourth-order valence-electron chi connectivity index (χ4n) is 2.91. The molecule has 0 aromatic heterocycles. The van der Waals surface area contributed by atoms with Crippen LogP contribution in [0.3, 0.4) is 0 Å². The van der Waals surface area contributed by atoms with Crippen LogP contribution in [0.25, 0.3) is 0 Å². The van der Waals surface area contributed by atoms with Crippen LogP contribution in [0.15, 0.2) is 18.2 Å². The van der Waals surface area contributed by atoms with E-state index in [1.807, 2.05) is 6.07 Å². The Bertz CT molecular complexity index is 445. The zero-order chi connectivity index (χ0) is 11.1. The van der Waals surface area contributed by atoms with Crippen LogP contribution in [0, 0.1) is 10.1 Å². The third-order valence-corrected chi connectivity index (χ3v) is 3.67. The normalized spacial score (nSPS) is 22.8. The van der Waals surface area contributed by atoms with Gasteiger partial charge in [0.1, 0.15) is 0 Å². The summed E-state index contributed by atoms with van der Waals surface area (Å²) in [6, 6.07) is 5.87. The monoisotopic (exact) mass is 218 g/mol. The Kier molecular flexibility index (Phi) is 2.09. The maximum absolute atomic E-state index is 10.7. The average Bonchev–Trinajstić information content (AvgIpc) is 2.66. The highest BCUT2D eigenvalue weighted by Gasteiger charge is 2.31. The Morgan fingerprint density at radius 1 is 1.38 bits per heavy atom. The van der Waals surface area contributed by atoms with Crippen LogP contribution in [0.2, 0.25) is 0 Å². The summed E-state index contributed by atoms with van der Waals surface area (Å²) in [6.45, 7) is 1.11. The number of anilines is 1. The van der Waals surface area contributed by atoms with Crippen LogP contribution in [-0.4, -0.2) is 17.5 Å². The van der Waals surface area contributed by atoms with Crippen molar-refractivity contribution >= 4 is 11.4 Å². The molecule has 4 heteroatoms. The summed E-state index contributed by atoms with van der Waals surface area (Å²) in [5, 5.41) is 10.7. The molecule has 4 nitrogen and oxygen atoms in total. The predicted octanol–water partition coefficient (Wildman–Crippen LogP) is 2.51. The lowest BCUT2D eigenvalue weighted by Crippen LogP contribution is -2.36. The van der Waals surface area contributed by atoms with E-state index in [0.717, 1.165) is 18.5 Å². The van der Waals surface area contributed by atoms with Gasteiger partial charge in [0.05, 0.1) is 4.92 Å². The molecular weight excluding hydrogens is 204 g/mol. The van der Waals surface area contributed by atoms with Crippen molar-refractivity contribution in [2.75, 3.05) is 11.4 Å². The minimum atomic E-state index is -0.308. The molecule has 1 atom stereocenters. The number of piperidine rings is 1. The Morgan fingerprint density at radius 2 is 2.25 bits per heavy atom. The van der Waals surface area contributed by atoms with E-state index in [-0.39, 0.29) is 10.6 Å². The number of fused-ring (bicyclic) bond motifs is 3. The molecule has 0 aliphatic carbocycles. The molecule has 0 saturated carbocycles. The fourth-order valence-corrected chi connectivity index (χ4v) is 2.91. The second-order valence-electron chi connectivity index (χ2n) is 4.62. The number of nitro groups is 1. The lowest BCUT2D eigenvalue weighted by atomic mass is 10.0. The van der Waals surface area contributed by atoms with Crippen LogP contribution < -0.4 is 4.90 Å². The van der Waals surface area contributed by atoms with Gasteiger partial charge in [-0.05, 0) is 37.3 Å². The van der Waals surface area contributed by atoms with Crippen LogP contribution in [0.5, 0.6) is 0 Å². The van der Waals surface area contributed by atoms with Gasteiger partial charge in [0, 0.05) is 30.4 Å². The standard InChI is InChI=1S/C12H14N2O2/c15-14(16)11-4-5-12-9(8-11)7-10-3-1-2-6-13(10)12/h4-5,8,10H,1-3,6-7H2. The number of nitro benzene ring substituents is 1. The van der Waals surface area contributed by atoms with Crippen LogP contribution in [0.4, 0.5) is 11.4 Å². The first-order chi connectivity index (χ1) is 7.75. The highest BCUT2D eigenvalue weighted by molar-refractivity contribution is 5.63. The Labute approximate surface area is 94.0 Å². The summed E-state index contributed by atoms with van der Waals surface area (Å²) in [4.78, 5) is 12.8. The van der Waals surface area contributed by atoms with E-state index in [9.17, 15) is 10.1 Å². The second kappa shape index (κ2) is 3.47. The van der Waals surface area contributed by atoms with Gasteiger partial charge in [-0.15, -0.1) is 0 Å². The van der Waals surface area contributed by atoms with Crippen molar-refractivity contribution in [3.63, 3.8) is 0 Å². The third-order valence-electron chi connectivity index (χ3n) is 3.67. The molecule has 2 aliphatic heterocycles. The number of rotatable bonds is 1. The summed E-state index contributed by atoms with van der Waals surface area (Å²) in [5.74, 6) is 0. The number of hydrogen-bond donors (Lipinski definition) is 0. The van der Waals surface area contributed by atoms with Crippen molar-refractivity contribution in [3.8, 4) is 0 Å². The third kappa shape index (κ3) is 1.37. The quantitative estimate of drug-likeness (QED) is 0.537. The van der Waals surface area contributed by atoms with Gasteiger partial charge in [0.25, 0.3) is 5.69 Å². The van der Waals surface area contributed by atoms with Gasteiger partial charge in [-0.1, -0.05) is 0 Å². The second-order valence-corrected chi connectivity index (χ2v) is 4.62. The largest absolute Gasteiger partial charge is 0.368 e. The number of hydrogen-bond acceptors (Lipinski definition) is 3. The Morgan fingerprint density at radius 3 is 3.06 bits per heavy atom. The molecular formula is C12H14N2O2. The molecule has 1 unspecified atom stereocenters. The zero-order valence-corrected chi connectivity index (χ0v) is 9.06. The molecule has 1 aromatic carbocycles. The van der Waals surface area contributed by atoms with Gasteiger partial charge < -0.3 is 4.90 Å². The minimum absolute atomic E-state index is 0.221. The van der Waals surface area contributed by atoms with E-state index in [2.05, 4.69) is 4.90 Å². The van der Waals surface area contributed by atoms with E-state index < -0.39 is 0 Å². The molecule has 0 amide bonds. The van der Waals surface area contributed by atoms with Crippen LogP contribution >= 0.6 is 0 Å². The van der Waals surface area contributed by atoms with Crippen molar-refractivity contribution < 1.29 is 4.92 Å². The zero-order valence-electron chi connectivity index (χ0n) is 9.06. The van der Waals surface area contributed by atoms with Crippen molar-refractivity contribution in [3.05, 3.63) is 33.9 Å². The van der Waals surface area contributed by atoms with E-state index in [0.29, 0.717) is 6.04 Å². The molecule has 0 N–H and O–H groups in total. The molecule has 0 bridgehead atoms. The molecule has 0 spiro atoms. The topological polar surface area (TPSA) is 46.4 Å². The van der Waals surface area contributed by atoms with Gasteiger partial charge in [0.2, 0.25) is 0 Å². The van der Waals surface area contributed by atoms with E-state index in [4.69, 9.17) is 0 Å². The fraction of sp³-hybridized carbons (Fsp3) is 0.500. The molecule has 2 aliphatic rings. The van der Waals surface area contributed by atoms with Crippen LogP contribution in [0.1, 0.15) is 24.8 Å². The maximum atomic E-state index is 10.7. The van der Waals surface area contributed by atoms with Gasteiger partial charge in [-0.25, -0.2) is 0 Å². The first-order valence-electron chi connectivity index (χ1n) is 5.79. The molecule has 1 aromatic rings. The van der Waals surface area contributed by atoms with Gasteiger partial charge >= 0.3 is 0 Å². The van der Waals surface area contributed by atoms with Gasteiger partial charge in [-0.3, -0.25) is 10.1 Å². The number of non-ortho nitro benzene ring substituents is 1. The van der Waals surface area contributed by atoms with Crippen LogP contribution in [-0.2, 0) is 6.42 Å². The molecule has 1 saturated heterocycles. The van der Waals surface area contributed by atoms with E-state index >= 15 is 0 Å². The van der Waals surface area contributed by atoms with Crippen molar-refractivity contribution in [2.45, 2.75) is 31.7 Å². The molecule has 0 radical (unpaired) electrons.